The van der Waals surface area contributed by atoms with Gasteiger partial charge < -0.3 is 11.1 Å². The van der Waals surface area contributed by atoms with Crippen LogP contribution in [0.25, 0.3) is 0 Å². The molecule has 1 saturated carbocycles. The third kappa shape index (κ3) is 6.89. The van der Waals surface area contributed by atoms with Crippen molar-refractivity contribution in [2.24, 2.45) is 10.7 Å². The van der Waals surface area contributed by atoms with Gasteiger partial charge in [0.05, 0.1) is 0 Å². The Bertz CT molecular complexity index is 468. The first-order valence-electron chi connectivity index (χ1n) is 7.65. The third-order valence-corrected chi connectivity index (χ3v) is 3.79. The van der Waals surface area contributed by atoms with Crippen LogP contribution in [0.2, 0.25) is 0 Å². The van der Waals surface area contributed by atoms with Crippen molar-refractivity contribution >= 4 is 29.9 Å². The summed E-state index contributed by atoms with van der Waals surface area (Å²) in [6.07, 6.45) is 7.41. The van der Waals surface area contributed by atoms with Gasteiger partial charge in [0, 0.05) is 18.7 Å². The second-order valence-electron chi connectivity index (χ2n) is 5.63. The molecule has 0 unspecified atom stereocenters. The van der Waals surface area contributed by atoms with E-state index in [-0.39, 0.29) is 24.0 Å². The molecule has 0 atom stereocenters. The fourth-order valence-electron chi connectivity index (χ4n) is 2.74. The lowest BCUT2D eigenvalue weighted by Gasteiger charge is -2.23. The monoisotopic (exact) mass is 423 g/mol. The third-order valence-electron chi connectivity index (χ3n) is 3.79. The molecule has 0 aromatic heterocycles. The van der Waals surface area contributed by atoms with Gasteiger partial charge >= 0.3 is 0 Å². The molecule has 2 rings (SSSR count). The molecule has 0 heterocycles. The lowest BCUT2D eigenvalue weighted by Crippen LogP contribution is -2.41. The molecule has 1 aliphatic rings. The van der Waals surface area contributed by atoms with Crippen molar-refractivity contribution in [1.82, 2.24) is 5.32 Å². The Labute approximate surface area is 147 Å². The molecule has 1 fully saturated rings. The van der Waals surface area contributed by atoms with E-state index in [0.29, 0.717) is 30.5 Å². The van der Waals surface area contributed by atoms with E-state index in [0.717, 1.165) is 25.3 Å². The van der Waals surface area contributed by atoms with Crippen molar-refractivity contribution in [1.29, 1.82) is 0 Å². The van der Waals surface area contributed by atoms with Gasteiger partial charge in [0.15, 0.2) is 5.96 Å². The van der Waals surface area contributed by atoms with Gasteiger partial charge in [-0.3, -0.25) is 4.99 Å². The summed E-state index contributed by atoms with van der Waals surface area (Å²) >= 11 is 0. The van der Waals surface area contributed by atoms with Gasteiger partial charge in [0.2, 0.25) is 0 Å². The minimum Gasteiger partial charge on any atom is -0.370 e. The first kappa shape index (κ1) is 19.1. The molecule has 0 radical (unpaired) electrons. The summed E-state index contributed by atoms with van der Waals surface area (Å²) in [6.45, 7) is 0.559. The highest BCUT2D eigenvalue weighted by Crippen LogP contribution is 2.17. The van der Waals surface area contributed by atoms with E-state index in [2.05, 4.69) is 10.3 Å². The van der Waals surface area contributed by atoms with E-state index in [9.17, 15) is 8.78 Å². The predicted octanol–water partition coefficient (Wildman–Crippen LogP) is 3.75. The first-order chi connectivity index (χ1) is 10.1. The molecule has 6 heteroatoms. The maximum Gasteiger partial charge on any atom is 0.188 e. The molecule has 0 bridgehead atoms. The lowest BCUT2D eigenvalue weighted by molar-refractivity contribution is 0.412. The highest BCUT2D eigenvalue weighted by molar-refractivity contribution is 14.0. The number of hydrogen-bond acceptors (Lipinski definition) is 1. The number of rotatable bonds is 5. The Balaban J connectivity index is 0.00000242. The number of aryl methyl sites for hydroxylation is 1. The molecule has 0 amide bonds. The number of nitrogens with two attached hydrogens (primary N) is 1. The molecule has 1 aliphatic carbocycles. The van der Waals surface area contributed by atoms with Gasteiger partial charge in [0.25, 0.3) is 0 Å². The van der Waals surface area contributed by atoms with Crippen LogP contribution in [0, 0.1) is 11.6 Å². The minimum atomic E-state index is -0.535. The zero-order valence-electron chi connectivity index (χ0n) is 12.7. The van der Waals surface area contributed by atoms with Crippen LogP contribution in [0.1, 0.15) is 44.1 Å². The molecule has 22 heavy (non-hydrogen) atoms. The molecular weight excluding hydrogens is 399 g/mol. The quantitative estimate of drug-likeness (QED) is 0.328. The van der Waals surface area contributed by atoms with Crippen molar-refractivity contribution in [3.05, 3.63) is 35.4 Å². The Morgan fingerprint density at radius 1 is 1.14 bits per heavy atom. The molecule has 0 aliphatic heterocycles. The number of nitrogens with zero attached hydrogens (tertiary/aromatic N) is 1. The molecule has 0 saturated heterocycles. The number of benzene rings is 1. The second-order valence-corrected chi connectivity index (χ2v) is 5.63. The number of guanidine groups is 1. The van der Waals surface area contributed by atoms with Crippen LogP contribution in [0.15, 0.2) is 23.2 Å². The van der Waals surface area contributed by atoms with Gasteiger partial charge in [-0.1, -0.05) is 19.3 Å². The van der Waals surface area contributed by atoms with Gasteiger partial charge in [-0.25, -0.2) is 8.78 Å². The van der Waals surface area contributed by atoms with Gasteiger partial charge in [-0.05, 0) is 43.4 Å². The Kier molecular flexibility index (Phi) is 8.67. The summed E-state index contributed by atoms with van der Waals surface area (Å²) in [5, 5.41) is 3.24. The number of aliphatic imine (C=N–C) groups is 1. The van der Waals surface area contributed by atoms with E-state index in [4.69, 9.17) is 5.73 Å². The molecule has 0 spiro atoms. The number of hydrogen-bond donors (Lipinski definition) is 2. The molecule has 1 aromatic rings. The standard InChI is InChI=1S/C16H23F2N3.HI/c17-13-9-12(10-14(18)11-13)5-4-8-20-16(19)21-15-6-2-1-3-7-15;/h9-11,15H,1-8H2,(H3,19,20,21);1H. The highest BCUT2D eigenvalue weighted by Gasteiger charge is 2.13. The van der Waals surface area contributed by atoms with E-state index < -0.39 is 11.6 Å². The maximum atomic E-state index is 13.0. The second kappa shape index (κ2) is 9.97. The predicted molar refractivity (Wildman–Crippen MR) is 96.6 cm³/mol. The summed E-state index contributed by atoms with van der Waals surface area (Å²) < 4.78 is 26.1. The fraction of sp³-hybridized carbons (Fsp3) is 0.562. The Morgan fingerprint density at radius 2 is 1.77 bits per heavy atom. The molecule has 3 N–H and O–H groups in total. The Hall–Kier alpha value is -0.920. The van der Waals surface area contributed by atoms with Crippen molar-refractivity contribution in [3.8, 4) is 0 Å². The van der Waals surface area contributed by atoms with Crippen LogP contribution < -0.4 is 11.1 Å². The van der Waals surface area contributed by atoms with Crippen LogP contribution in [-0.2, 0) is 6.42 Å². The van der Waals surface area contributed by atoms with Crippen molar-refractivity contribution in [3.63, 3.8) is 0 Å². The van der Waals surface area contributed by atoms with Gasteiger partial charge in [0.1, 0.15) is 11.6 Å². The van der Waals surface area contributed by atoms with Crippen LogP contribution in [0.4, 0.5) is 8.78 Å². The van der Waals surface area contributed by atoms with Crippen LogP contribution in [-0.4, -0.2) is 18.5 Å². The molecule has 1 aromatic carbocycles. The SMILES string of the molecule is I.NC(=NCCCc1cc(F)cc(F)c1)NC1CCCCC1. The highest BCUT2D eigenvalue weighted by atomic mass is 127. The van der Waals surface area contributed by atoms with Gasteiger partial charge in [-0.2, -0.15) is 0 Å². The Morgan fingerprint density at radius 3 is 2.41 bits per heavy atom. The first-order valence-corrected chi connectivity index (χ1v) is 7.65. The average Bonchev–Trinajstić information content (AvgIpc) is 2.44. The van der Waals surface area contributed by atoms with Crippen molar-refractivity contribution < 1.29 is 8.78 Å². The largest absolute Gasteiger partial charge is 0.370 e. The average molecular weight is 423 g/mol. The number of halogens is 3. The number of nitrogens with one attached hydrogen (secondary N) is 1. The lowest BCUT2D eigenvalue weighted by atomic mass is 9.96. The topological polar surface area (TPSA) is 50.4 Å². The fourth-order valence-corrected chi connectivity index (χ4v) is 2.74. The molecular formula is C16H24F2IN3. The van der Waals surface area contributed by atoms with Gasteiger partial charge in [-0.15, -0.1) is 24.0 Å². The minimum absolute atomic E-state index is 0. The van der Waals surface area contributed by atoms with Crippen molar-refractivity contribution in [2.75, 3.05) is 6.54 Å². The summed E-state index contributed by atoms with van der Waals surface area (Å²) in [4.78, 5) is 4.27. The molecule has 3 nitrogen and oxygen atoms in total. The van der Waals surface area contributed by atoms with Crippen LogP contribution in [0.3, 0.4) is 0 Å². The zero-order valence-corrected chi connectivity index (χ0v) is 15.0. The van der Waals surface area contributed by atoms with E-state index in [1.807, 2.05) is 0 Å². The van der Waals surface area contributed by atoms with E-state index >= 15 is 0 Å². The summed E-state index contributed by atoms with van der Waals surface area (Å²) in [6, 6.07) is 4.04. The van der Waals surface area contributed by atoms with Crippen molar-refractivity contribution in [2.45, 2.75) is 51.0 Å². The molecule has 124 valence electrons. The van der Waals surface area contributed by atoms with Crippen LogP contribution in [0.5, 0.6) is 0 Å². The summed E-state index contributed by atoms with van der Waals surface area (Å²) in [7, 11) is 0. The van der Waals surface area contributed by atoms with E-state index in [1.165, 1.54) is 31.4 Å². The van der Waals surface area contributed by atoms with E-state index in [1.54, 1.807) is 0 Å². The summed E-state index contributed by atoms with van der Waals surface area (Å²) in [5.41, 5.74) is 6.51. The normalized spacial score (nSPS) is 16.2. The smallest absolute Gasteiger partial charge is 0.188 e. The zero-order chi connectivity index (χ0) is 15.1. The van der Waals surface area contributed by atoms with Crippen LogP contribution >= 0.6 is 24.0 Å². The maximum absolute atomic E-state index is 13.0. The summed E-state index contributed by atoms with van der Waals surface area (Å²) in [5.74, 6) is -0.591.